The Morgan fingerprint density at radius 3 is 2.75 bits per heavy atom. The van der Waals surface area contributed by atoms with Gasteiger partial charge in [-0.05, 0) is 63.5 Å². The van der Waals surface area contributed by atoms with E-state index in [4.69, 9.17) is 4.74 Å². The summed E-state index contributed by atoms with van der Waals surface area (Å²) >= 11 is 3.44. The van der Waals surface area contributed by atoms with E-state index in [1.807, 2.05) is 55.5 Å². The molecule has 0 saturated carbocycles. The first-order valence-corrected chi connectivity index (χ1v) is 9.37. The number of rotatable bonds is 4. The van der Waals surface area contributed by atoms with Gasteiger partial charge in [-0.2, -0.15) is 0 Å². The van der Waals surface area contributed by atoms with Crippen LogP contribution >= 0.6 is 15.9 Å². The first-order chi connectivity index (χ1) is 13.5. The van der Waals surface area contributed by atoms with E-state index >= 15 is 0 Å². The number of fused-ring (bicyclic) bond motifs is 2. The summed E-state index contributed by atoms with van der Waals surface area (Å²) in [5.41, 5.74) is 1.90. The maximum Gasteiger partial charge on any atom is 0.302 e. The van der Waals surface area contributed by atoms with Crippen LogP contribution in [0, 0.1) is 6.92 Å². The van der Waals surface area contributed by atoms with Crippen molar-refractivity contribution in [2.24, 2.45) is 10.2 Å². The molecule has 140 valence electrons. The molecular weight excluding hydrogens is 422 g/mol. The van der Waals surface area contributed by atoms with Crippen LogP contribution in [0.25, 0.3) is 21.7 Å². The molecule has 0 atom stereocenters. The Morgan fingerprint density at radius 2 is 1.93 bits per heavy atom. The van der Waals surface area contributed by atoms with Gasteiger partial charge in [0.1, 0.15) is 5.75 Å². The Bertz CT molecular complexity index is 1230. The highest BCUT2D eigenvalue weighted by atomic mass is 79.9. The quantitative estimate of drug-likeness (QED) is 0.396. The molecule has 1 amide bonds. The minimum atomic E-state index is -0.548. The number of benzene rings is 3. The van der Waals surface area contributed by atoms with Gasteiger partial charge in [0.25, 0.3) is 0 Å². The predicted molar refractivity (Wildman–Crippen MR) is 111 cm³/mol. The lowest BCUT2D eigenvalue weighted by molar-refractivity contribution is -0.120. The van der Waals surface area contributed by atoms with Gasteiger partial charge in [0.05, 0.1) is 5.52 Å². The van der Waals surface area contributed by atoms with Crippen LogP contribution in [-0.4, -0.2) is 22.6 Å². The van der Waals surface area contributed by atoms with Crippen LogP contribution in [0.2, 0.25) is 0 Å². The highest BCUT2D eigenvalue weighted by Crippen LogP contribution is 2.39. The fourth-order valence-corrected chi connectivity index (χ4v) is 3.67. The lowest BCUT2D eigenvalue weighted by Crippen LogP contribution is -2.07. The molecule has 3 aromatic carbocycles. The molecule has 0 saturated heterocycles. The number of ether oxygens (including phenoxy) is 1. The van der Waals surface area contributed by atoms with Crippen LogP contribution in [0.4, 0.5) is 5.69 Å². The molecule has 0 aliphatic heterocycles. The second kappa shape index (κ2) is 7.44. The summed E-state index contributed by atoms with van der Waals surface area (Å²) in [5.74, 6) is -0.112. The zero-order valence-electron chi connectivity index (χ0n) is 14.9. The van der Waals surface area contributed by atoms with Crippen molar-refractivity contribution in [3.05, 3.63) is 64.6 Å². The molecule has 2 N–H and O–H groups in total. The summed E-state index contributed by atoms with van der Waals surface area (Å²) in [6, 6.07) is 17.3. The van der Waals surface area contributed by atoms with E-state index in [0.717, 1.165) is 20.8 Å². The van der Waals surface area contributed by atoms with Crippen LogP contribution in [0.15, 0.2) is 69.3 Å². The average Bonchev–Trinajstić information content (AvgIpc) is 3.00. The van der Waals surface area contributed by atoms with Gasteiger partial charge >= 0.3 is 5.91 Å². The maximum absolute atomic E-state index is 12.1. The third kappa shape index (κ3) is 3.61. The second-order valence-corrected chi connectivity index (χ2v) is 7.24. The smallest absolute Gasteiger partial charge is 0.302 e. The first-order valence-electron chi connectivity index (χ1n) is 8.58. The molecule has 7 heteroatoms. The molecule has 1 heterocycles. The lowest BCUT2D eigenvalue weighted by atomic mass is 10.1. The number of nitrogens with zero attached hydrogens (tertiary/aromatic N) is 2. The van der Waals surface area contributed by atoms with Crippen LogP contribution < -0.4 is 4.74 Å². The number of amides is 1. The molecular formula is C21H16BrN3O3. The molecule has 0 spiro atoms. The zero-order chi connectivity index (χ0) is 19.7. The molecule has 4 rings (SSSR count). The SMILES string of the molecule is Cc1cc(Br)c2[nH]c(O)c(N=NC(=O)COc3ccc4ccccc4c3)c2c1. The molecule has 0 unspecified atom stereocenters. The van der Waals surface area contributed by atoms with Gasteiger partial charge in [0.2, 0.25) is 5.88 Å². The van der Waals surface area contributed by atoms with E-state index in [9.17, 15) is 9.90 Å². The molecule has 0 aliphatic rings. The van der Waals surface area contributed by atoms with Crippen molar-refractivity contribution in [3.8, 4) is 11.6 Å². The summed E-state index contributed by atoms with van der Waals surface area (Å²) in [5, 5.41) is 20.5. The van der Waals surface area contributed by atoms with Gasteiger partial charge < -0.3 is 14.8 Å². The number of hydrogen-bond donors (Lipinski definition) is 2. The minimum Gasteiger partial charge on any atom is -0.493 e. The highest BCUT2D eigenvalue weighted by Gasteiger charge is 2.14. The number of carbonyl (C=O) groups is 1. The number of hydrogen-bond acceptors (Lipinski definition) is 4. The lowest BCUT2D eigenvalue weighted by Gasteiger charge is -2.04. The fourth-order valence-electron chi connectivity index (χ4n) is 3.00. The van der Waals surface area contributed by atoms with E-state index in [1.54, 1.807) is 6.07 Å². The number of aromatic hydroxyl groups is 1. The summed E-state index contributed by atoms with van der Waals surface area (Å²) in [6.07, 6.45) is 0. The van der Waals surface area contributed by atoms with Crippen LogP contribution in [0.1, 0.15) is 5.56 Å². The standard InChI is InChI=1S/C21H16BrN3O3/c1-12-8-16-19(17(22)9-12)23-21(27)20(16)25-24-18(26)11-28-15-7-6-13-4-2-3-5-14(13)10-15/h2-10,23,27H,11H2,1H3. The minimum absolute atomic E-state index is 0.145. The zero-order valence-corrected chi connectivity index (χ0v) is 16.5. The Morgan fingerprint density at radius 1 is 1.14 bits per heavy atom. The van der Waals surface area contributed by atoms with Crippen molar-refractivity contribution in [3.63, 3.8) is 0 Å². The number of carbonyl (C=O) groups excluding carboxylic acids is 1. The van der Waals surface area contributed by atoms with E-state index in [-0.39, 0.29) is 18.2 Å². The van der Waals surface area contributed by atoms with Crippen LogP contribution in [0.5, 0.6) is 11.6 Å². The van der Waals surface area contributed by atoms with E-state index in [2.05, 4.69) is 31.1 Å². The Kier molecular flexibility index (Phi) is 4.83. The van der Waals surface area contributed by atoms with Crippen molar-refractivity contribution in [1.29, 1.82) is 0 Å². The molecule has 0 aliphatic carbocycles. The molecule has 0 bridgehead atoms. The number of H-pyrrole nitrogens is 1. The summed E-state index contributed by atoms with van der Waals surface area (Å²) < 4.78 is 6.32. The van der Waals surface area contributed by atoms with Gasteiger partial charge in [-0.15, -0.1) is 10.2 Å². The highest BCUT2D eigenvalue weighted by molar-refractivity contribution is 9.10. The van der Waals surface area contributed by atoms with Gasteiger partial charge in [-0.25, -0.2) is 0 Å². The maximum atomic E-state index is 12.1. The van der Waals surface area contributed by atoms with Crippen molar-refractivity contribution >= 4 is 49.2 Å². The Balaban J connectivity index is 1.49. The molecule has 28 heavy (non-hydrogen) atoms. The largest absolute Gasteiger partial charge is 0.493 e. The van der Waals surface area contributed by atoms with Crippen LogP contribution in [-0.2, 0) is 4.79 Å². The van der Waals surface area contributed by atoms with Crippen LogP contribution in [0.3, 0.4) is 0 Å². The van der Waals surface area contributed by atoms with E-state index in [0.29, 0.717) is 16.7 Å². The summed E-state index contributed by atoms with van der Waals surface area (Å²) in [7, 11) is 0. The molecule has 6 nitrogen and oxygen atoms in total. The number of aryl methyl sites for hydroxylation is 1. The van der Waals surface area contributed by atoms with Crippen molar-refractivity contribution in [1.82, 2.24) is 4.98 Å². The normalized spacial score (nSPS) is 11.5. The number of halogens is 1. The van der Waals surface area contributed by atoms with Gasteiger partial charge in [-0.3, -0.25) is 4.79 Å². The Hall–Kier alpha value is -3.19. The van der Waals surface area contributed by atoms with E-state index < -0.39 is 5.91 Å². The number of nitrogens with one attached hydrogen (secondary N) is 1. The molecule has 4 aromatic rings. The number of aromatic nitrogens is 1. The predicted octanol–water partition coefficient (Wildman–Crippen LogP) is 5.79. The summed E-state index contributed by atoms with van der Waals surface area (Å²) in [6.45, 7) is 1.69. The van der Waals surface area contributed by atoms with Gasteiger partial charge in [0.15, 0.2) is 12.3 Å². The molecule has 0 fully saturated rings. The van der Waals surface area contributed by atoms with E-state index in [1.165, 1.54) is 0 Å². The number of azo groups is 1. The summed E-state index contributed by atoms with van der Waals surface area (Å²) in [4.78, 5) is 14.9. The fraction of sp³-hybridized carbons (Fsp3) is 0.0952. The van der Waals surface area contributed by atoms with Gasteiger partial charge in [-0.1, -0.05) is 30.3 Å². The third-order valence-corrected chi connectivity index (χ3v) is 4.93. The average molecular weight is 438 g/mol. The second-order valence-electron chi connectivity index (χ2n) is 6.38. The monoisotopic (exact) mass is 437 g/mol. The van der Waals surface area contributed by atoms with Crippen molar-refractivity contribution in [2.45, 2.75) is 6.92 Å². The van der Waals surface area contributed by atoms with Gasteiger partial charge in [0, 0.05) is 9.86 Å². The topological polar surface area (TPSA) is 87.0 Å². The third-order valence-electron chi connectivity index (χ3n) is 4.30. The van der Waals surface area contributed by atoms with Crippen molar-refractivity contribution in [2.75, 3.05) is 6.61 Å². The Labute approximate surface area is 169 Å². The first kappa shape index (κ1) is 18.2. The van der Waals surface area contributed by atoms with Crippen molar-refractivity contribution < 1.29 is 14.6 Å². The number of aromatic amines is 1. The molecule has 0 radical (unpaired) electrons. The molecule has 1 aromatic heterocycles.